The smallest absolute Gasteiger partial charge is 0.320 e. The van der Waals surface area contributed by atoms with Crippen LogP contribution < -0.4 is 5.32 Å². The second-order valence-electron chi connectivity index (χ2n) is 4.06. The number of nitrogens with one attached hydrogen (secondary N) is 1. The van der Waals surface area contributed by atoms with E-state index in [0.29, 0.717) is 13.0 Å². The zero-order valence-corrected chi connectivity index (χ0v) is 10.1. The molecule has 0 aromatic heterocycles. The molecule has 19 heavy (non-hydrogen) atoms. The standard InChI is InChI=1S/C5H9NO3.C5H10O5/c7-3-1-4(5(8)9)6-2-3;6-1-3(8)5(10)4(9)2-7/h3-4,6-7H,1-2H2,(H,8,9);1,3-5,7-10H,2H2/t3-,4+;/m1./s1. The van der Waals surface area contributed by atoms with Crippen LogP contribution in [-0.2, 0) is 9.59 Å². The summed E-state index contributed by atoms with van der Waals surface area (Å²) >= 11 is 0. The SMILES string of the molecule is O=C(O)[C@@H]1C[C@@H](O)CN1.O=CC(O)C(O)C(O)CO. The van der Waals surface area contributed by atoms with Gasteiger partial charge in [0.1, 0.15) is 24.4 Å². The minimum absolute atomic E-state index is 0.0869. The molecular weight excluding hydrogens is 262 g/mol. The predicted octanol–water partition coefficient (Wildman–Crippen LogP) is -3.95. The van der Waals surface area contributed by atoms with Crippen molar-refractivity contribution in [1.82, 2.24) is 5.32 Å². The Morgan fingerprint density at radius 3 is 2.21 bits per heavy atom. The Morgan fingerprint density at radius 2 is 1.95 bits per heavy atom. The van der Waals surface area contributed by atoms with Crippen LogP contribution in [0.15, 0.2) is 0 Å². The first-order valence-corrected chi connectivity index (χ1v) is 5.58. The Bertz CT molecular complexity index is 287. The molecule has 3 unspecified atom stereocenters. The average Bonchev–Trinajstić information content (AvgIpc) is 2.83. The average molecular weight is 281 g/mol. The molecule has 0 radical (unpaired) electrons. The summed E-state index contributed by atoms with van der Waals surface area (Å²) in [6.07, 6.45) is -4.78. The van der Waals surface area contributed by atoms with Crippen molar-refractivity contribution in [2.45, 2.75) is 36.9 Å². The highest BCUT2D eigenvalue weighted by Crippen LogP contribution is 2.05. The molecule has 1 aliphatic rings. The highest BCUT2D eigenvalue weighted by Gasteiger charge is 2.27. The normalized spacial score (nSPS) is 26.8. The van der Waals surface area contributed by atoms with Gasteiger partial charge in [-0.05, 0) is 0 Å². The largest absolute Gasteiger partial charge is 0.480 e. The molecule has 112 valence electrons. The van der Waals surface area contributed by atoms with E-state index in [1.165, 1.54) is 0 Å². The highest BCUT2D eigenvalue weighted by atomic mass is 16.4. The molecule has 1 fully saturated rings. The van der Waals surface area contributed by atoms with Gasteiger partial charge in [-0.2, -0.15) is 0 Å². The fourth-order valence-corrected chi connectivity index (χ4v) is 1.32. The Morgan fingerprint density at radius 1 is 1.37 bits per heavy atom. The van der Waals surface area contributed by atoms with Crippen LogP contribution in [0.1, 0.15) is 6.42 Å². The molecule has 1 heterocycles. The van der Waals surface area contributed by atoms with Gasteiger partial charge in [0.15, 0.2) is 6.29 Å². The monoisotopic (exact) mass is 281 g/mol. The van der Waals surface area contributed by atoms with Crippen LogP contribution in [0.2, 0.25) is 0 Å². The van der Waals surface area contributed by atoms with Gasteiger partial charge in [0.2, 0.25) is 0 Å². The lowest BCUT2D eigenvalue weighted by atomic mass is 10.1. The summed E-state index contributed by atoms with van der Waals surface area (Å²) in [6.45, 7) is -0.289. The molecule has 7 N–H and O–H groups in total. The summed E-state index contributed by atoms with van der Waals surface area (Å²) in [5, 5.41) is 53.9. The van der Waals surface area contributed by atoms with E-state index >= 15 is 0 Å². The van der Waals surface area contributed by atoms with Crippen molar-refractivity contribution in [3.8, 4) is 0 Å². The summed E-state index contributed by atoms with van der Waals surface area (Å²) < 4.78 is 0. The van der Waals surface area contributed by atoms with Crippen molar-refractivity contribution in [3.63, 3.8) is 0 Å². The molecule has 0 saturated carbocycles. The maximum absolute atomic E-state index is 10.2. The van der Waals surface area contributed by atoms with E-state index in [4.69, 9.17) is 30.6 Å². The van der Waals surface area contributed by atoms with E-state index in [-0.39, 0.29) is 6.29 Å². The van der Waals surface area contributed by atoms with Gasteiger partial charge in [-0.3, -0.25) is 4.79 Å². The van der Waals surface area contributed by atoms with Gasteiger partial charge in [-0.15, -0.1) is 0 Å². The van der Waals surface area contributed by atoms with Crippen LogP contribution >= 0.6 is 0 Å². The van der Waals surface area contributed by atoms with Gasteiger partial charge in [0.25, 0.3) is 0 Å². The number of carboxylic acids is 1. The van der Waals surface area contributed by atoms with Crippen molar-refractivity contribution in [2.24, 2.45) is 0 Å². The lowest BCUT2D eigenvalue weighted by molar-refractivity contribution is -0.139. The third-order valence-corrected chi connectivity index (χ3v) is 2.48. The summed E-state index contributed by atoms with van der Waals surface area (Å²) in [4.78, 5) is 19.9. The van der Waals surface area contributed by atoms with E-state index in [0.717, 1.165) is 0 Å². The number of hydrogen-bond donors (Lipinski definition) is 7. The molecule has 9 nitrogen and oxygen atoms in total. The number of rotatable bonds is 5. The number of carboxylic acid groups (broad SMARTS) is 1. The van der Waals surface area contributed by atoms with Crippen LogP contribution in [0.25, 0.3) is 0 Å². The second kappa shape index (κ2) is 8.91. The van der Waals surface area contributed by atoms with E-state index in [2.05, 4.69) is 5.32 Å². The number of carbonyl (C=O) groups is 2. The lowest BCUT2D eigenvalue weighted by Gasteiger charge is -2.16. The number of β-amino-alcohol motifs (C(OH)–C–C–N with tert-alkyl or cyclic N) is 1. The molecule has 0 aromatic rings. The lowest BCUT2D eigenvalue weighted by Crippen LogP contribution is -2.40. The second-order valence-corrected chi connectivity index (χ2v) is 4.06. The number of aliphatic carboxylic acids is 1. The maximum atomic E-state index is 10.2. The van der Waals surface area contributed by atoms with Gasteiger partial charge < -0.3 is 40.8 Å². The number of aliphatic hydroxyl groups is 5. The molecule has 9 heteroatoms. The van der Waals surface area contributed by atoms with Gasteiger partial charge in [0.05, 0.1) is 12.7 Å². The van der Waals surface area contributed by atoms with Crippen LogP contribution in [0.3, 0.4) is 0 Å². The van der Waals surface area contributed by atoms with Crippen LogP contribution in [0.5, 0.6) is 0 Å². The van der Waals surface area contributed by atoms with Crippen molar-refractivity contribution in [3.05, 3.63) is 0 Å². The summed E-state index contributed by atoms with van der Waals surface area (Å²) in [5.41, 5.74) is 0. The zero-order chi connectivity index (χ0) is 15.0. The van der Waals surface area contributed by atoms with Gasteiger partial charge in [0, 0.05) is 13.0 Å². The molecule has 0 aliphatic carbocycles. The molecule has 0 amide bonds. The third-order valence-electron chi connectivity index (χ3n) is 2.48. The molecular formula is C10H19NO8. The number of aldehydes is 1. The topological polar surface area (TPSA) is 168 Å². The molecule has 0 aromatic carbocycles. The minimum atomic E-state index is -1.64. The van der Waals surface area contributed by atoms with Crippen molar-refractivity contribution in [1.29, 1.82) is 0 Å². The van der Waals surface area contributed by atoms with Crippen molar-refractivity contribution >= 4 is 12.3 Å². The third kappa shape index (κ3) is 6.57. The first-order valence-electron chi connectivity index (χ1n) is 5.58. The van der Waals surface area contributed by atoms with Gasteiger partial charge in [-0.1, -0.05) is 0 Å². The quantitative estimate of drug-likeness (QED) is 0.249. The molecule has 5 atom stereocenters. The fraction of sp³-hybridized carbons (Fsp3) is 0.800. The van der Waals surface area contributed by atoms with Gasteiger partial charge in [-0.25, -0.2) is 0 Å². The van der Waals surface area contributed by atoms with Gasteiger partial charge >= 0.3 is 5.97 Å². The molecule has 1 saturated heterocycles. The predicted molar refractivity (Wildman–Crippen MR) is 61.2 cm³/mol. The first kappa shape index (κ1) is 17.9. The van der Waals surface area contributed by atoms with E-state index in [1.807, 2.05) is 0 Å². The molecule has 0 bridgehead atoms. The summed E-state index contributed by atoms with van der Waals surface area (Å²) in [6, 6.07) is -0.542. The first-order chi connectivity index (χ1) is 8.83. The Balaban J connectivity index is 0.000000342. The highest BCUT2D eigenvalue weighted by molar-refractivity contribution is 5.73. The number of carbonyl (C=O) groups excluding carboxylic acids is 1. The molecule has 1 aliphatic heterocycles. The van der Waals surface area contributed by atoms with Crippen molar-refractivity contribution in [2.75, 3.05) is 13.2 Å². The maximum Gasteiger partial charge on any atom is 0.320 e. The van der Waals surface area contributed by atoms with E-state index in [9.17, 15) is 9.59 Å². The minimum Gasteiger partial charge on any atom is -0.480 e. The Labute approximate surface area is 109 Å². The summed E-state index contributed by atoms with van der Waals surface area (Å²) in [7, 11) is 0. The van der Waals surface area contributed by atoms with E-state index < -0.39 is 43.0 Å². The Hall–Kier alpha value is -1.10. The van der Waals surface area contributed by atoms with E-state index in [1.54, 1.807) is 0 Å². The van der Waals surface area contributed by atoms with Crippen LogP contribution in [0, 0.1) is 0 Å². The van der Waals surface area contributed by atoms with Crippen molar-refractivity contribution < 1.29 is 40.2 Å². The fourth-order valence-electron chi connectivity index (χ4n) is 1.32. The Kier molecular flexibility index (Phi) is 8.39. The number of aliphatic hydroxyl groups excluding tert-OH is 5. The number of hydrogen-bond acceptors (Lipinski definition) is 8. The molecule has 1 rings (SSSR count). The van der Waals surface area contributed by atoms with Crippen LogP contribution in [-0.4, -0.2) is 86.5 Å². The van der Waals surface area contributed by atoms with Crippen LogP contribution in [0.4, 0.5) is 0 Å². The summed E-state index contributed by atoms with van der Waals surface area (Å²) in [5.74, 6) is -0.883. The molecule has 0 spiro atoms. The zero-order valence-electron chi connectivity index (χ0n) is 10.1.